The highest BCUT2D eigenvalue weighted by Crippen LogP contribution is 2.39. The van der Waals surface area contributed by atoms with Crippen LogP contribution in [-0.2, 0) is 6.42 Å². The van der Waals surface area contributed by atoms with Gasteiger partial charge in [0.05, 0.1) is 16.9 Å². The van der Waals surface area contributed by atoms with Crippen LogP contribution < -0.4 is 10.6 Å². The number of hydrogen-bond donors (Lipinski definition) is 2. The third kappa shape index (κ3) is 3.06. The highest BCUT2D eigenvalue weighted by molar-refractivity contribution is 6.12. The molecule has 0 radical (unpaired) electrons. The van der Waals surface area contributed by atoms with E-state index in [1.54, 1.807) is 12.1 Å². The van der Waals surface area contributed by atoms with Crippen LogP contribution in [0.1, 0.15) is 39.8 Å². The van der Waals surface area contributed by atoms with Gasteiger partial charge in [0, 0.05) is 31.6 Å². The Balaban J connectivity index is 1.41. The predicted molar refractivity (Wildman–Crippen MR) is 112 cm³/mol. The summed E-state index contributed by atoms with van der Waals surface area (Å²) in [5.74, 6) is 0.292. The number of aromatic nitrogens is 1. The normalized spacial score (nSPS) is 19.7. The van der Waals surface area contributed by atoms with Crippen molar-refractivity contribution in [1.29, 1.82) is 0 Å². The van der Waals surface area contributed by atoms with Crippen molar-refractivity contribution in [2.45, 2.75) is 19.8 Å². The lowest BCUT2D eigenvalue weighted by Crippen LogP contribution is -2.55. The largest absolute Gasteiger partial charge is 0.338 e. The standard InChI is InChI=1S/C22H25N5O2/c1-3-14-4-5-16-15(10-14)20(28)25-17-6-7-18(24-19(17)23-16)21(29)27-9-8-22(13-27)11-26(2)12-22/h4-7,10H,3,8-9,11-13H2,1-2H3,(H,23,24)(H,25,28). The number of pyridine rings is 1. The lowest BCUT2D eigenvalue weighted by Gasteiger charge is -2.46. The number of carbonyl (C=O) groups is 2. The summed E-state index contributed by atoms with van der Waals surface area (Å²) in [7, 11) is 2.12. The van der Waals surface area contributed by atoms with E-state index < -0.39 is 0 Å². The van der Waals surface area contributed by atoms with Crippen LogP contribution in [0.2, 0.25) is 0 Å². The Morgan fingerprint density at radius 3 is 2.69 bits per heavy atom. The van der Waals surface area contributed by atoms with Crippen LogP contribution in [0.15, 0.2) is 30.3 Å². The Hall–Kier alpha value is -2.93. The summed E-state index contributed by atoms with van der Waals surface area (Å²) < 4.78 is 0. The van der Waals surface area contributed by atoms with Crippen LogP contribution in [0.25, 0.3) is 0 Å². The van der Waals surface area contributed by atoms with Crippen LogP contribution in [0.3, 0.4) is 0 Å². The molecule has 0 aliphatic carbocycles. The lowest BCUT2D eigenvalue weighted by molar-refractivity contribution is 0.0293. The summed E-state index contributed by atoms with van der Waals surface area (Å²) in [6.45, 7) is 5.74. The SMILES string of the molecule is CCc1ccc2c(c1)C(=O)Nc1ccc(C(=O)N3CCC4(CN(C)C4)C3)nc1N2. The van der Waals surface area contributed by atoms with Gasteiger partial charge in [0.1, 0.15) is 5.69 Å². The van der Waals surface area contributed by atoms with Crippen LogP contribution in [0.4, 0.5) is 17.2 Å². The van der Waals surface area contributed by atoms with Crippen molar-refractivity contribution >= 4 is 29.0 Å². The van der Waals surface area contributed by atoms with Crippen LogP contribution in [0.5, 0.6) is 0 Å². The molecule has 0 atom stereocenters. The molecule has 2 aromatic rings. The number of nitrogens with one attached hydrogen (secondary N) is 2. The first-order chi connectivity index (χ1) is 14.0. The molecule has 2 N–H and O–H groups in total. The smallest absolute Gasteiger partial charge is 0.272 e. The number of hydrogen-bond acceptors (Lipinski definition) is 5. The molecule has 4 heterocycles. The minimum Gasteiger partial charge on any atom is -0.338 e. The van der Waals surface area contributed by atoms with Crippen molar-refractivity contribution in [2.75, 3.05) is 43.9 Å². The molecule has 29 heavy (non-hydrogen) atoms. The molecule has 5 rings (SSSR count). The first-order valence-electron chi connectivity index (χ1n) is 10.2. The van der Waals surface area contributed by atoms with E-state index in [1.165, 1.54) is 0 Å². The van der Waals surface area contributed by atoms with Crippen LogP contribution in [0, 0.1) is 5.41 Å². The fraction of sp³-hybridized carbons (Fsp3) is 0.409. The highest BCUT2D eigenvalue weighted by Gasteiger charge is 2.47. The van der Waals surface area contributed by atoms with Crippen molar-refractivity contribution in [3.8, 4) is 0 Å². The van der Waals surface area contributed by atoms with Gasteiger partial charge in [-0.05, 0) is 49.7 Å². The van der Waals surface area contributed by atoms with E-state index in [0.29, 0.717) is 28.5 Å². The maximum Gasteiger partial charge on any atom is 0.272 e. The Bertz CT molecular complexity index is 1010. The molecule has 0 saturated carbocycles. The van der Waals surface area contributed by atoms with Crippen LogP contribution in [-0.4, -0.2) is 59.8 Å². The van der Waals surface area contributed by atoms with Gasteiger partial charge in [-0.25, -0.2) is 4.98 Å². The average Bonchev–Trinajstić information content (AvgIpc) is 3.08. The van der Waals surface area contributed by atoms with Crippen molar-refractivity contribution in [1.82, 2.24) is 14.8 Å². The minimum atomic E-state index is -0.169. The minimum absolute atomic E-state index is 0.0434. The summed E-state index contributed by atoms with van der Waals surface area (Å²) in [6.07, 6.45) is 1.91. The Morgan fingerprint density at radius 2 is 1.93 bits per heavy atom. The quantitative estimate of drug-likeness (QED) is 0.823. The van der Waals surface area contributed by atoms with Crippen molar-refractivity contribution in [3.63, 3.8) is 0 Å². The van der Waals surface area contributed by atoms with Gasteiger partial charge < -0.3 is 20.4 Å². The number of nitrogens with zero attached hydrogens (tertiary/aromatic N) is 3. The van der Waals surface area contributed by atoms with E-state index in [-0.39, 0.29) is 17.2 Å². The number of fused-ring (bicyclic) bond motifs is 2. The molecule has 1 spiro atoms. The van der Waals surface area contributed by atoms with E-state index in [0.717, 1.165) is 44.6 Å². The van der Waals surface area contributed by atoms with Gasteiger partial charge in [0.2, 0.25) is 0 Å². The number of likely N-dealkylation sites (tertiary alicyclic amines) is 2. The molecule has 0 unspecified atom stereocenters. The van der Waals surface area contributed by atoms with Gasteiger partial charge in [0.15, 0.2) is 5.82 Å². The van der Waals surface area contributed by atoms with Gasteiger partial charge in [-0.2, -0.15) is 0 Å². The predicted octanol–water partition coefficient (Wildman–Crippen LogP) is 2.73. The Morgan fingerprint density at radius 1 is 1.14 bits per heavy atom. The maximum absolute atomic E-state index is 13.1. The molecule has 2 amide bonds. The number of benzene rings is 1. The second-order valence-corrected chi connectivity index (χ2v) is 8.55. The van der Waals surface area contributed by atoms with E-state index in [2.05, 4.69) is 34.5 Å². The fourth-order valence-electron chi connectivity index (χ4n) is 4.83. The van der Waals surface area contributed by atoms with E-state index >= 15 is 0 Å². The second kappa shape index (κ2) is 6.56. The molecule has 3 aliphatic rings. The van der Waals surface area contributed by atoms with Crippen molar-refractivity contribution < 1.29 is 9.59 Å². The summed E-state index contributed by atoms with van der Waals surface area (Å²) in [5, 5.41) is 6.15. The molecule has 1 aromatic heterocycles. The molecular formula is C22H25N5O2. The highest BCUT2D eigenvalue weighted by atomic mass is 16.2. The molecule has 2 saturated heterocycles. The van der Waals surface area contributed by atoms with Gasteiger partial charge in [0.25, 0.3) is 11.8 Å². The summed E-state index contributed by atoms with van der Waals surface area (Å²) >= 11 is 0. The van der Waals surface area contributed by atoms with E-state index in [9.17, 15) is 9.59 Å². The number of aryl methyl sites for hydroxylation is 1. The van der Waals surface area contributed by atoms with Gasteiger partial charge in [-0.3, -0.25) is 9.59 Å². The topological polar surface area (TPSA) is 77.6 Å². The number of carbonyl (C=O) groups excluding carboxylic acids is 2. The number of anilines is 3. The third-order valence-electron chi connectivity index (χ3n) is 6.29. The average molecular weight is 391 g/mol. The molecule has 7 nitrogen and oxygen atoms in total. The lowest BCUT2D eigenvalue weighted by atomic mass is 9.79. The van der Waals surface area contributed by atoms with Crippen molar-refractivity contribution in [2.24, 2.45) is 5.41 Å². The van der Waals surface area contributed by atoms with Gasteiger partial charge in [-0.15, -0.1) is 0 Å². The fourth-order valence-corrected chi connectivity index (χ4v) is 4.83. The zero-order valence-corrected chi connectivity index (χ0v) is 16.8. The molecule has 2 fully saturated rings. The Kier molecular flexibility index (Phi) is 4.10. The van der Waals surface area contributed by atoms with Gasteiger partial charge in [-0.1, -0.05) is 13.0 Å². The summed E-state index contributed by atoms with van der Waals surface area (Å²) in [4.78, 5) is 34.5. The first kappa shape index (κ1) is 18.1. The van der Waals surface area contributed by atoms with Crippen molar-refractivity contribution in [3.05, 3.63) is 47.2 Å². The van der Waals surface area contributed by atoms with Crippen LogP contribution >= 0.6 is 0 Å². The van der Waals surface area contributed by atoms with E-state index in [1.807, 2.05) is 23.1 Å². The Labute approximate surface area is 170 Å². The first-order valence-corrected chi connectivity index (χ1v) is 10.2. The maximum atomic E-state index is 13.1. The number of amides is 2. The third-order valence-corrected chi connectivity index (χ3v) is 6.29. The summed E-state index contributed by atoms with van der Waals surface area (Å²) in [5.41, 5.74) is 3.64. The molecule has 0 bridgehead atoms. The monoisotopic (exact) mass is 391 g/mol. The van der Waals surface area contributed by atoms with Gasteiger partial charge >= 0.3 is 0 Å². The molecule has 1 aromatic carbocycles. The number of rotatable bonds is 2. The molecular weight excluding hydrogens is 366 g/mol. The molecule has 3 aliphatic heterocycles. The zero-order valence-electron chi connectivity index (χ0n) is 16.8. The second-order valence-electron chi connectivity index (χ2n) is 8.55. The molecule has 150 valence electrons. The summed E-state index contributed by atoms with van der Waals surface area (Å²) in [6, 6.07) is 9.26. The molecule has 7 heteroatoms. The zero-order chi connectivity index (χ0) is 20.2. The van der Waals surface area contributed by atoms with E-state index in [4.69, 9.17) is 0 Å².